The van der Waals surface area contributed by atoms with Crippen LogP contribution in [0, 0.1) is 5.92 Å². The molecule has 3 rings (SSSR count). The predicted molar refractivity (Wildman–Crippen MR) is 63.9 cm³/mol. The van der Waals surface area contributed by atoms with Crippen molar-refractivity contribution in [2.75, 3.05) is 0 Å². The number of aliphatic hydroxyl groups is 1. The Kier molecular flexibility index (Phi) is 2.26. The van der Waals surface area contributed by atoms with Gasteiger partial charge in [0.1, 0.15) is 0 Å². The van der Waals surface area contributed by atoms with E-state index in [-0.39, 0.29) is 6.10 Å². The SMILES string of the molecule is OC1[C](Cc2ccccc2)c2ccccc21. The third kappa shape index (κ3) is 1.44. The number of fused-ring (bicyclic) bond motifs is 1. The Morgan fingerprint density at radius 3 is 2.38 bits per heavy atom. The van der Waals surface area contributed by atoms with E-state index in [1.807, 2.05) is 36.4 Å². The van der Waals surface area contributed by atoms with E-state index in [2.05, 4.69) is 18.2 Å². The summed E-state index contributed by atoms with van der Waals surface area (Å²) in [5.74, 6) is 1.14. The Balaban J connectivity index is 1.85. The van der Waals surface area contributed by atoms with Gasteiger partial charge in [0.25, 0.3) is 0 Å². The van der Waals surface area contributed by atoms with Crippen molar-refractivity contribution in [3.8, 4) is 0 Å². The molecule has 1 N–H and O–H groups in total. The zero-order valence-corrected chi connectivity index (χ0v) is 8.93. The Labute approximate surface area is 95.4 Å². The molecule has 0 heterocycles. The second-order valence-electron chi connectivity index (χ2n) is 4.18. The first kappa shape index (κ1) is 9.61. The van der Waals surface area contributed by atoms with Crippen LogP contribution in [0.4, 0.5) is 0 Å². The second-order valence-corrected chi connectivity index (χ2v) is 4.18. The van der Waals surface area contributed by atoms with Gasteiger partial charge in [-0.15, -0.1) is 0 Å². The Hall–Kier alpha value is -1.60. The molecule has 0 saturated carbocycles. The van der Waals surface area contributed by atoms with Crippen LogP contribution in [0.25, 0.3) is 0 Å². The fourth-order valence-corrected chi connectivity index (χ4v) is 2.29. The summed E-state index contributed by atoms with van der Waals surface area (Å²) >= 11 is 0. The highest BCUT2D eigenvalue weighted by Gasteiger charge is 2.36. The third-order valence-corrected chi connectivity index (χ3v) is 3.17. The van der Waals surface area contributed by atoms with Gasteiger partial charge in [0.2, 0.25) is 0 Å². The maximum atomic E-state index is 9.98. The van der Waals surface area contributed by atoms with Gasteiger partial charge in [-0.05, 0) is 23.1 Å². The zero-order valence-electron chi connectivity index (χ0n) is 8.93. The van der Waals surface area contributed by atoms with E-state index >= 15 is 0 Å². The van der Waals surface area contributed by atoms with Gasteiger partial charge in [-0.1, -0.05) is 54.6 Å². The molecular weight excluding hydrogens is 196 g/mol. The van der Waals surface area contributed by atoms with Gasteiger partial charge in [0.15, 0.2) is 0 Å². The molecule has 16 heavy (non-hydrogen) atoms. The van der Waals surface area contributed by atoms with Crippen molar-refractivity contribution in [1.29, 1.82) is 0 Å². The smallest absolute Gasteiger partial charge is 0.0902 e. The molecule has 1 radical (unpaired) electrons. The largest absolute Gasteiger partial charge is 0.387 e. The van der Waals surface area contributed by atoms with Crippen molar-refractivity contribution in [2.24, 2.45) is 0 Å². The average molecular weight is 209 g/mol. The molecule has 1 unspecified atom stereocenters. The minimum Gasteiger partial charge on any atom is -0.387 e. The van der Waals surface area contributed by atoms with Gasteiger partial charge < -0.3 is 5.11 Å². The fraction of sp³-hybridized carbons (Fsp3) is 0.133. The topological polar surface area (TPSA) is 20.2 Å². The summed E-state index contributed by atoms with van der Waals surface area (Å²) in [6, 6.07) is 18.4. The molecule has 79 valence electrons. The summed E-state index contributed by atoms with van der Waals surface area (Å²) in [6.45, 7) is 0. The minimum absolute atomic E-state index is 0.364. The Bertz CT molecular complexity index is 490. The van der Waals surface area contributed by atoms with Crippen LogP contribution in [0.15, 0.2) is 54.6 Å². The number of hydrogen-bond acceptors (Lipinski definition) is 1. The number of hydrogen-bond donors (Lipinski definition) is 1. The maximum absolute atomic E-state index is 9.98. The first-order valence-electron chi connectivity index (χ1n) is 5.53. The quantitative estimate of drug-likeness (QED) is 0.806. The number of rotatable bonds is 2. The molecule has 2 aromatic carbocycles. The van der Waals surface area contributed by atoms with Gasteiger partial charge in [-0.2, -0.15) is 0 Å². The van der Waals surface area contributed by atoms with Crippen molar-refractivity contribution < 1.29 is 5.11 Å². The molecule has 1 aliphatic rings. The van der Waals surface area contributed by atoms with Crippen molar-refractivity contribution in [3.63, 3.8) is 0 Å². The van der Waals surface area contributed by atoms with Crippen molar-refractivity contribution in [1.82, 2.24) is 0 Å². The van der Waals surface area contributed by atoms with E-state index in [1.165, 1.54) is 11.1 Å². The average Bonchev–Trinajstić information content (AvgIpc) is 2.37. The molecule has 0 saturated heterocycles. The lowest BCUT2D eigenvalue weighted by atomic mass is 9.72. The molecule has 1 aliphatic carbocycles. The summed E-state index contributed by atoms with van der Waals surface area (Å²) in [7, 11) is 0. The van der Waals surface area contributed by atoms with Crippen LogP contribution in [-0.4, -0.2) is 5.11 Å². The lowest BCUT2D eigenvalue weighted by molar-refractivity contribution is 0.171. The van der Waals surface area contributed by atoms with Crippen LogP contribution >= 0.6 is 0 Å². The summed E-state index contributed by atoms with van der Waals surface area (Å²) in [5.41, 5.74) is 3.54. The Morgan fingerprint density at radius 2 is 1.56 bits per heavy atom. The molecule has 1 nitrogen and oxygen atoms in total. The summed E-state index contributed by atoms with van der Waals surface area (Å²) in [4.78, 5) is 0. The van der Waals surface area contributed by atoms with E-state index in [0.29, 0.717) is 0 Å². The monoisotopic (exact) mass is 209 g/mol. The third-order valence-electron chi connectivity index (χ3n) is 3.17. The lowest BCUT2D eigenvalue weighted by Gasteiger charge is -2.35. The van der Waals surface area contributed by atoms with E-state index in [9.17, 15) is 5.11 Å². The van der Waals surface area contributed by atoms with E-state index in [4.69, 9.17) is 0 Å². The molecule has 0 amide bonds. The molecule has 1 heteroatoms. The van der Waals surface area contributed by atoms with E-state index < -0.39 is 0 Å². The first-order valence-corrected chi connectivity index (χ1v) is 5.53. The van der Waals surface area contributed by atoms with Gasteiger partial charge in [0, 0.05) is 5.92 Å². The predicted octanol–water partition coefficient (Wildman–Crippen LogP) is 2.90. The molecule has 2 aromatic rings. The van der Waals surface area contributed by atoms with Crippen molar-refractivity contribution in [3.05, 3.63) is 77.2 Å². The summed E-state index contributed by atoms with van der Waals surface area (Å²) < 4.78 is 0. The van der Waals surface area contributed by atoms with Crippen LogP contribution in [0.1, 0.15) is 22.8 Å². The van der Waals surface area contributed by atoms with Crippen LogP contribution in [0.3, 0.4) is 0 Å². The maximum Gasteiger partial charge on any atom is 0.0902 e. The highest BCUT2D eigenvalue weighted by Crippen LogP contribution is 2.45. The zero-order chi connectivity index (χ0) is 11.0. The summed E-state index contributed by atoms with van der Waals surface area (Å²) in [6.07, 6.45) is 0.482. The standard InChI is InChI=1S/C15H13O/c16-15-13-9-5-4-8-12(13)14(15)10-11-6-2-1-3-7-11/h1-9,15-16H,10H2. The molecule has 0 aromatic heterocycles. The van der Waals surface area contributed by atoms with Crippen LogP contribution < -0.4 is 0 Å². The number of aliphatic hydroxyl groups excluding tert-OH is 1. The molecule has 0 aliphatic heterocycles. The molecule has 1 atom stereocenters. The van der Waals surface area contributed by atoms with Gasteiger partial charge in [-0.25, -0.2) is 0 Å². The van der Waals surface area contributed by atoms with Gasteiger partial charge in [0.05, 0.1) is 6.10 Å². The van der Waals surface area contributed by atoms with Crippen LogP contribution in [0.2, 0.25) is 0 Å². The lowest BCUT2D eigenvalue weighted by Crippen LogP contribution is -2.26. The summed E-state index contributed by atoms with van der Waals surface area (Å²) in [5, 5.41) is 9.98. The molecule has 0 fully saturated rings. The van der Waals surface area contributed by atoms with Crippen LogP contribution in [-0.2, 0) is 6.42 Å². The molecule has 0 spiro atoms. The number of benzene rings is 2. The second kappa shape index (κ2) is 3.76. The molecular formula is C15H13O. The Morgan fingerprint density at radius 1 is 0.875 bits per heavy atom. The minimum atomic E-state index is -0.364. The normalized spacial score (nSPS) is 18.9. The highest BCUT2D eigenvalue weighted by molar-refractivity contribution is 5.54. The molecule has 0 bridgehead atoms. The van der Waals surface area contributed by atoms with Gasteiger partial charge in [-0.3, -0.25) is 0 Å². The highest BCUT2D eigenvalue weighted by atomic mass is 16.3. The van der Waals surface area contributed by atoms with Crippen LogP contribution in [0.5, 0.6) is 0 Å². The van der Waals surface area contributed by atoms with E-state index in [0.717, 1.165) is 17.9 Å². The van der Waals surface area contributed by atoms with Gasteiger partial charge >= 0.3 is 0 Å². The van der Waals surface area contributed by atoms with E-state index in [1.54, 1.807) is 0 Å². The fourth-order valence-electron chi connectivity index (χ4n) is 2.29. The van der Waals surface area contributed by atoms with Crippen molar-refractivity contribution >= 4 is 0 Å². The first-order chi connectivity index (χ1) is 7.86. The van der Waals surface area contributed by atoms with Crippen molar-refractivity contribution in [2.45, 2.75) is 12.5 Å².